The Morgan fingerprint density at radius 1 is 1.78 bits per heavy atom. The van der Waals surface area contributed by atoms with Crippen molar-refractivity contribution in [1.82, 2.24) is 4.31 Å². The van der Waals surface area contributed by atoms with Crippen molar-refractivity contribution in [3.63, 3.8) is 0 Å². The largest absolute Gasteiger partial charge is 0.289 e. The summed E-state index contributed by atoms with van der Waals surface area (Å²) in [6.07, 6.45) is 1.20. The quantitative estimate of drug-likeness (QED) is 0.200. The van der Waals surface area contributed by atoms with Crippen molar-refractivity contribution in [2.45, 2.75) is 0 Å². The minimum Gasteiger partial charge on any atom is -0.289 e. The summed E-state index contributed by atoms with van der Waals surface area (Å²) in [5.41, 5.74) is 0. The van der Waals surface area contributed by atoms with Gasteiger partial charge in [-0.05, 0) is 6.08 Å². The molecule has 0 aromatic heterocycles. The lowest BCUT2D eigenvalue weighted by molar-refractivity contribution is -0.120. The Morgan fingerprint density at radius 2 is 2.11 bits per heavy atom. The van der Waals surface area contributed by atoms with E-state index in [9.17, 15) is 4.79 Å². The van der Waals surface area contributed by atoms with Crippen LogP contribution in [0.2, 0.25) is 0 Å². The second-order valence-corrected chi connectivity index (χ2v) is 1.67. The molecule has 0 radical (unpaired) electrons. The van der Waals surface area contributed by atoms with Crippen LogP contribution in [-0.4, -0.2) is 17.3 Å². The van der Waals surface area contributed by atoms with Gasteiger partial charge in [-0.1, -0.05) is 19.4 Å². The first-order valence-electron chi connectivity index (χ1n) is 2.11. The summed E-state index contributed by atoms with van der Waals surface area (Å²) in [7, 11) is 1.55. The van der Waals surface area contributed by atoms with E-state index in [1.54, 1.807) is 7.05 Å². The Balaban J connectivity index is 0. The van der Waals surface area contributed by atoms with Gasteiger partial charge in [0.1, 0.15) is 0 Å². The Kier molecular flexibility index (Phi) is 9.39. The third-order valence-corrected chi connectivity index (χ3v) is 0.691. The number of nitrogens with zero attached hydrogens (tertiary/aromatic N) is 1. The second-order valence-electron chi connectivity index (χ2n) is 1.07. The molecule has 0 aromatic rings. The van der Waals surface area contributed by atoms with Crippen LogP contribution in [-0.2, 0) is 4.79 Å². The molecule has 0 unspecified atom stereocenters. The summed E-state index contributed by atoms with van der Waals surface area (Å²) in [5.74, 6) is 7.81. The Morgan fingerprint density at radius 3 is 2.11 bits per heavy atom. The Hall–Kier alpha value is -0.520. The highest BCUT2D eigenvalue weighted by Crippen LogP contribution is 1.86. The molecular weight excluding hydrogens is 138 g/mol. The fourth-order valence-corrected chi connectivity index (χ4v) is 0.214. The predicted molar refractivity (Wildman–Crippen MR) is 40.3 cm³/mol. The molecule has 0 saturated heterocycles. The van der Waals surface area contributed by atoms with Gasteiger partial charge in [0.15, 0.2) is 0 Å². The molecule has 0 heterocycles. The molecule has 0 aliphatic carbocycles. The molecule has 0 atom stereocenters. The lowest BCUT2D eigenvalue weighted by Crippen LogP contribution is -2.12. The highest BCUT2D eigenvalue weighted by Gasteiger charge is 1.93. The molecule has 1 amide bonds. The summed E-state index contributed by atoms with van der Waals surface area (Å²) in [6.45, 7) is 3.24. The van der Waals surface area contributed by atoms with Gasteiger partial charge in [-0.25, -0.2) is 0 Å². The van der Waals surface area contributed by atoms with Gasteiger partial charge < -0.3 is 0 Å². The van der Waals surface area contributed by atoms with Gasteiger partial charge in [-0.15, -0.1) is 0 Å². The van der Waals surface area contributed by atoms with Crippen LogP contribution in [0.15, 0.2) is 12.7 Å². The maximum atomic E-state index is 10.2. The summed E-state index contributed by atoms with van der Waals surface area (Å²) in [5, 5.41) is 0. The van der Waals surface area contributed by atoms with Crippen molar-refractivity contribution < 1.29 is 4.79 Å². The number of nitrogens with two attached hydrogens (primary N) is 2. The average Bonchev–Trinajstić information content (AvgIpc) is 1.91. The van der Waals surface area contributed by atoms with Crippen molar-refractivity contribution >= 4 is 18.7 Å². The van der Waals surface area contributed by atoms with Gasteiger partial charge in [0, 0.05) is 7.05 Å². The van der Waals surface area contributed by atoms with Gasteiger partial charge >= 0.3 is 0 Å². The molecule has 4 nitrogen and oxygen atoms in total. The van der Waals surface area contributed by atoms with E-state index in [-0.39, 0.29) is 5.91 Å². The lowest BCUT2D eigenvalue weighted by atomic mass is 10.6. The number of thiol groups is 1. The molecule has 0 saturated carbocycles. The fraction of sp³-hybridized carbons (Fsp3) is 0.250. The Bertz CT molecular complexity index is 93.8. The molecule has 9 heavy (non-hydrogen) atoms. The third kappa shape index (κ3) is 7.48. The van der Waals surface area contributed by atoms with Crippen LogP contribution in [0.4, 0.5) is 0 Å². The van der Waals surface area contributed by atoms with Crippen molar-refractivity contribution in [2.75, 3.05) is 7.05 Å². The average molecular weight is 149 g/mol. The van der Waals surface area contributed by atoms with E-state index in [0.717, 1.165) is 4.31 Å². The third-order valence-electron chi connectivity index (χ3n) is 0.494. The van der Waals surface area contributed by atoms with Gasteiger partial charge in [-0.3, -0.25) is 20.8 Å². The van der Waals surface area contributed by atoms with Crippen LogP contribution in [0, 0.1) is 0 Å². The molecule has 0 spiro atoms. The highest BCUT2D eigenvalue weighted by molar-refractivity contribution is 7.78. The predicted octanol–water partition coefficient (Wildman–Crippen LogP) is -0.706. The van der Waals surface area contributed by atoms with E-state index >= 15 is 0 Å². The van der Waals surface area contributed by atoms with Crippen LogP contribution in [0.1, 0.15) is 0 Å². The first-order valence-corrected chi connectivity index (χ1v) is 2.51. The summed E-state index contributed by atoms with van der Waals surface area (Å²) in [4.78, 5) is 10.2. The maximum absolute atomic E-state index is 10.2. The number of hydrogen-bond acceptors (Lipinski definition) is 4. The van der Waals surface area contributed by atoms with E-state index in [1.165, 1.54) is 6.08 Å². The van der Waals surface area contributed by atoms with Crippen molar-refractivity contribution in [3.05, 3.63) is 12.7 Å². The first kappa shape index (κ1) is 11.3. The minimum atomic E-state index is -0.191. The zero-order chi connectivity index (χ0) is 7.86. The van der Waals surface area contributed by atoms with E-state index in [1.807, 2.05) is 0 Å². The summed E-state index contributed by atoms with van der Waals surface area (Å²) in [6, 6.07) is 0. The molecule has 5 heteroatoms. The zero-order valence-corrected chi connectivity index (χ0v) is 6.14. The maximum Gasteiger partial charge on any atom is 0.255 e. The number of hydrogen-bond donors (Lipinski definition) is 3. The summed E-state index contributed by atoms with van der Waals surface area (Å²) < 4.78 is 1.16. The molecule has 4 N–H and O–H groups in total. The van der Waals surface area contributed by atoms with Crippen molar-refractivity contribution in [3.8, 4) is 0 Å². The Labute approximate surface area is 60.0 Å². The molecule has 54 valence electrons. The van der Waals surface area contributed by atoms with Crippen LogP contribution in [0.25, 0.3) is 0 Å². The molecule has 0 fully saturated rings. The topological polar surface area (TPSA) is 72.3 Å². The van der Waals surface area contributed by atoms with Gasteiger partial charge in [0.2, 0.25) is 0 Å². The van der Waals surface area contributed by atoms with Gasteiger partial charge in [0.05, 0.1) is 0 Å². The lowest BCUT2D eigenvalue weighted by Gasteiger charge is -2.01. The first-order chi connectivity index (χ1) is 4.18. The molecular formula is C4H11N3OS. The van der Waals surface area contributed by atoms with E-state index in [0.29, 0.717) is 0 Å². The normalized spacial score (nSPS) is 6.67. The van der Waals surface area contributed by atoms with Crippen molar-refractivity contribution in [2.24, 2.45) is 11.7 Å². The van der Waals surface area contributed by atoms with Crippen molar-refractivity contribution in [1.29, 1.82) is 0 Å². The molecule has 0 aliphatic rings. The minimum absolute atomic E-state index is 0.191. The van der Waals surface area contributed by atoms with Gasteiger partial charge in [-0.2, -0.15) is 0 Å². The number of carbonyl (C=O) groups is 1. The summed E-state index contributed by atoms with van der Waals surface area (Å²) >= 11 is 3.69. The van der Waals surface area contributed by atoms with E-state index in [4.69, 9.17) is 0 Å². The number of carbonyl (C=O) groups excluding carboxylic acids is 1. The SMILES string of the molecule is C=CC(=O)N(C)S.NN. The zero-order valence-electron chi connectivity index (χ0n) is 5.24. The van der Waals surface area contributed by atoms with Crippen LogP contribution in [0.5, 0.6) is 0 Å². The standard InChI is InChI=1S/C4H7NOS.H4N2/c1-3-4(6)5(2)7;1-2/h3,7H,1H2,2H3;1-2H2. The van der Waals surface area contributed by atoms with Crippen LogP contribution >= 0.6 is 12.8 Å². The smallest absolute Gasteiger partial charge is 0.255 e. The van der Waals surface area contributed by atoms with Crippen LogP contribution in [0.3, 0.4) is 0 Å². The number of amides is 1. The number of hydrazine groups is 1. The number of likely N-dealkylation sites (N-methyl/N-ethyl adjacent to an activating group) is 1. The van der Waals surface area contributed by atoms with E-state index in [2.05, 4.69) is 31.1 Å². The second kappa shape index (κ2) is 7.48. The van der Waals surface area contributed by atoms with Crippen LogP contribution < -0.4 is 11.7 Å². The monoisotopic (exact) mass is 149 g/mol. The highest BCUT2D eigenvalue weighted by atomic mass is 32.1. The molecule has 0 bridgehead atoms. The molecule has 0 aromatic carbocycles. The molecule has 0 aliphatic heterocycles. The molecule has 0 rings (SSSR count). The van der Waals surface area contributed by atoms with E-state index < -0.39 is 0 Å². The fourth-order valence-electron chi connectivity index (χ4n) is 0.132. The van der Waals surface area contributed by atoms with Gasteiger partial charge in [0.25, 0.3) is 5.91 Å². The number of rotatable bonds is 1.